The summed E-state index contributed by atoms with van der Waals surface area (Å²) in [6, 6.07) is 13.5. The van der Waals surface area contributed by atoms with Gasteiger partial charge in [-0.15, -0.1) is 11.3 Å². The number of pyridine rings is 1. The number of amides is 1. The van der Waals surface area contributed by atoms with Gasteiger partial charge in [0.1, 0.15) is 5.75 Å². The number of hydrogen-bond acceptors (Lipinski definition) is 5. The summed E-state index contributed by atoms with van der Waals surface area (Å²) in [7, 11) is 1.65. The van der Waals surface area contributed by atoms with Gasteiger partial charge in [-0.3, -0.25) is 9.78 Å². The van der Waals surface area contributed by atoms with Crippen LogP contribution in [0.25, 0.3) is 11.3 Å². The van der Waals surface area contributed by atoms with Gasteiger partial charge in [-0.25, -0.2) is 4.98 Å². The zero-order chi connectivity index (χ0) is 17.5. The van der Waals surface area contributed by atoms with Crippen LogP contribution in [0.2, 0.25) is 0 Å². The van der Waals surface area contributed by atoms with E-state index in [-0.39, 0.29) is 5.91 Å². The number of aryl methyl sites for hydroxylation is 1. The van der Waals surface area contributed by atoms with E-state index in [1.165, 1.54) is 0 Å². The van der Waals surface area contributed by atoms with Gasteiger partial charge in [-0.1, -0.05) is 6.07 Å². The standard InChI is InChI=1S/C19H19N3O2S/c1-24-16-7-5-14(6-8-16)17-13-25-19(22-17)10-9-18(23)21-12-15-4-2-3-11-20-15/h2-8,11,13H,9-10,12H2,1H3,(H,21,23). The molecule has 0 aliphatic heterocycles. The average molecular weight is 353 g/mol. The highest BCUT2D eigenvalue weighted by Crippen LogP contribution is 2.24. The summed E-state index contributed by atoms with van der Waals surface area (Å²) < 4.78 is 5.16. The molecular formula is C19H19N3O2S. The lowest BCUT2D eigenvalue weighted by molar-refractivity contribution is -0.121. The molecule has 3 rings (SSSR count). The van der Waals surface area contributed by atoms with Crippen LogP contribution in [0.15, 0.2) is 54.0 Å². The molecule has 1 aromatic carbocycles. The second kappa shape index (κ2) is 8.39. The highest BCUT2D eigenvalue weighted by Gasteiger charge is 2.08. The van der Waals surface area contributed by atoms with Crippen LogP contribution in [0.1, 0.15) is 17.1 Å². The first-order valence-corrected chi connectivity index (χ1v) is 8.88. The van der Waals surface area contributed by atoms with Gasteiger partial charge in [0.05, 0.1) is 30.1 Å². The Labute approximate surface area is 150 Å². The summed E-state index contributed by atoms with van der Waals surface area (Å²) >= 11 is 1.58. The minimum Gasteiger partial charge on any atom is -0.497 e. The zero-order valence-corrected chi connectivity index (χ0v) is 14.8. The number of nitrogens with one attached hydrogen (secondary N) is 1. The zero-order valence-electron chi connectivity index (χ0n) is 13.9. The monoisotopic (exact) mass is 353 g/mol. The molecule has 25 heavy (non-hydrogen) atoms. The summed E-state index contributed by atoms with van der Waals surface area (Å²) in [5, 5.41) is 5.86. The Balaban J connectivity index is 1.50. The number of benzene rings is 1. The predicted molar refractivity (Wildman–Crippen MR) is 98.5 cm³/mol. The SMILES string of the molecule is COc1ccc(-c2csc(CCC(=O)NCc3ccccn3)n2)cc1. The lowest BCUT2D eigenvalue weighted by Crippen LogP contribution is -2.23. The maximum atomic E-state index is 12.0. The quantitative estimate of drug-likeness (QED) is 0.706. The molecule has 0 aliphatic rings. The van der Waals surface area contributed by atoms with E-state index in [2.05, 4.69) is 15.3 Å². The summed E-state index contributed by atoms with van der Waals surface area (Å²) in [4.78, 5) is 20.8. The Morgan fingerprint density at radius 2 is 2.04 bits per heavy atom. The van der Waals surface area contributed by atoms with Crippen molar-refractivity contribution in [3.8, 4) is 17.0 Å². The Morgan fingerprint density at radius 3 is 2.76 bits per heavy atom. The van der Waals surface area contributed by atoms with Crippen LogP contribution in [0.5, 0.6) is 5.75 Å². The predicted octanol–water partition coefficient (Wildman–Crippen LogP) is 3.46. The van der Waals surface area contributed by atoms with E-state index in [1.807, 2.05) is 47.8 Å². The van der Waals surface area contributed by atoms with Crippen molar-refractivity contribution < 1.29 is 9.53 Å². The molecule has 2 aromatic heterocycles. The van der Waals surface area contributed by atoms with Gasteiger partial charge in [0.15, 0.2) is 0 Å². The van der Waals surface area contributed by atoms with Gasteiger partial charge in [-0.05, 0) is 36.4 Å². The van der Waals surface area contributed by atoms with Crippen molar-refractivity contribution in [1.82, 2.24) is 15.3 Å². The van der Waals surface area contributed by atoms with Gasteiger partial charge in [0.25, 0.3) is 0 Å². The number of methoxy groups -OCH3 is 1. The molecule has 0 atom stereocenters. The van der Waals surface area contributed by atoms with Crippen LogP contribution in [-0.4, -0.2) is 23.0 Å². The molecule has 128 valence electrons. The molecule has 0 aliphatic carbocycles. The molecule has 0 fully saturated rings. The Bertz CT molecular complexity index is 816. The molecule has 3 aromatic rings. The average Bonchev–Trinajstić information content (AvgIpc) is 3.14. The van der Waals surface area contributed by atoms with E-state index in [0.29, 0.717) is 19.4 Å². The van der Waals surface area contributed by atoms with Crippen LogP contribution < -0.4 is 10.1 Å². The number of ether oxygens (including phenoxy) is 1. The maximum absolute atomic E-state index is 12.0. The third-order valence-electron chi connectivity index (χ3n) is 3.70. The summed E-state index contributed by atoms with van der Waals surface area (Å²) in [6.07, 6.45) is 2.77. The minimum absolute atomic E-state index is 0.00634. The fourth-order valence-electron chi connectivity index (χ4n) is 2.32. The number of rotatable bonds is 7. The van der Waals surface area contributed by atoms with E-state index >= 15 is 0 Å². The molecule has 1 amide bonds. The first-order valence-electron chi connectivity index (χ1n) is 8.00. The fraction of sp³-hybridized carbons (Fsp3) is 0.211. The molecule has 0 saturated carbocycles. The van der Waals surface area contributed by atoms with Crippen molar-refractivity contribution >= 4 is 17.2 Å². The summed E-state index contributed by atoms with van der Waals surface area (Å²) in [5.41, 5.74) is 2.83. The highest BCUT2D eigenvalue weighted by atomic mass is 32.1. The molecule has 0 bridgehead atoms. The van der Waals surface area contributed by atoms with Gasteiger partial charge in [0.2, 0.25) is 5.91 Å². The van der Waals surface area contributed by atoms with Crippen molar-refractivity contribution in [2.75, 3.05) is 7.11 Å². The van der Waals surface area contributed by atoms with E-state index in [9.17, 15) is 4.79 Å². The molecule has 0 saturated heterocycles. The van der Waals surface area contributed by atoms with Crippen molar-refractivity contribution in [3.63, 3.8) is 0 Å². The number of carbonyl (C=O) groups is 1. The van der Waals surface area contributed by atoms with Crippen molar-refractivity contribution in [2.45, 2.75) is 19.4 Å². The van der Waals surface area contributed by atoms with Gasteiger partial charge in [-0.2, -0.15) is 0 Å². The first kappa shape index (κ1) is 17.1. The lowest BCUT2D eigenvalue weighted by atomic mass is 10.2. The van der Waals surface area contributed by atoms with Crippen molar-refractivity contribution in [1.29, 1.82) is 0 Å². The molecule has 2 heterocycles. The number of nitrogens with zero attached hydrogens (tertiary/aromatic N) is 2. The second-order valence-electron chi connectivity index (χ2n) is 5.45. The Hall–Kier alpha value is -2.73. The number of hydrogen-bond donors (Lipinski definition) is 1. The first-order chi connectivity index (χ1) is 12.2. The van der Waals surface area contributed by atoms with Crippen molar-refractivity contribution in [2.24, 2.45) is 0 Å². The van der Waals surface area contributed by atoms with E-state index in [4.69, 9.17) is 4.74 Å². The molecule has 0 spiro atoms. The number of carbonyl (C=O) groups excluding carboxylic acids is 1. The van der Waals surface area contributed by atoms with Crippen molar-refractivity contribution in [3.05, 3.63) is 64.7 Å². The smallest absolute Gasteiger partial charge is 0.220 e. The third-order valence-corrected chi connectivity index (χ3v) is 4.60. The number of aromatic nitrogens is 2. The molecule has 0 unspecified atom stereocenters. The Morgan fingerprint density at radius 1 is 1.20 bits per heavy atom. The fourth-order valence-corrected chi connectivity index (χ4v) is 3.13. The third kappa shape index (κ3) is 4.87. The molecule has 5 nitrogen and oxygen atoms in total. The van der Waals surface area contributed by atoms with E-state index < -0.39 is 0 Å². The summed E-state index contributed by atoms with van der Waals surface area (Å²) in [6.45, 7) is 0.453. The minimum atomic E-state index is 0.00634. The van der Waals surface area contributed by atoms with Gasteiger partial charge < -0.3 is 10.1 Å². The largest absolute Gasteiger partial charge is 0.497 e. The highest BCUT2D eigenvalue weighted by molar-refractivity contribution is 7.09. The topological polar surface area (TPSA) is 64.1 Å². The van der Waals surface area contributed by atoms with Crippen LogP contribution in [0, 0.1) is 0 Å². The van der Waals surface area contributed by atoms with E-state index in [1.54, 1.807) is 24.6 Å². The number of thiazole rings is 1. The van der Waals surface area contributed by atoms with Crippen LogP contribution in [-0.2, 0) is 17.8 Å². The molecule has 1 N–H and O–H groups in total. The van der Waals surface area contributed by atoms with Gasteiger partial charge in [0, 0.05) is 30.0 Å². The molecule has 0 radical (unpaired) electrons. The second-order valence-corrected chi connectivity index (χ2v) is 6.40. The van der Waals surface area contributed by atoms with Crippen LogP contribution in [0.4, 0.5) is 0 Å². The van der Waals surface area contributed by atoms with Gasteiger partial charge >= 0.3 is 0 Å². The summed E-state index contributed by atoms with van der Waals surface area (Å²) in [5.74, 6) is 0.829. The normalized spacial score (nSPS) is 10.4. The molecular weight excluding hydrogens is 334 g/mol. The molecule has 6 heteroatoms. The maximum Gasteiger partial charge on any atom is 0.220 e. The Kier molecular flexibility index (Phi) is 5.74. The van der Waals surface area contributed by atoms with Crippen LogP contribution >= 0.6 is 11.3 Å². The van der Waals surface area contributed by atoms with E-state index in [0.717, 1.165) is 27.7 Å². The lowest BCUT2D eigenvalue weighted by Gasteiger charge is -2.03. The van der Waals surface area contributed by atoms with Crippen LogP contribution in [0.3, 0.4) is 0 Å².